The molecule has 2 heterocycles. The van der Waals surface area contributed by atoms with Gasteiger partial charge in [-0.2, -0.15) is 5.26 Å². The number of amides is 2. The zero-order valence-electron chi connectivity index (χ0n) is 18.7. The maximum atomic E-state index is 12.8. The van der Waals surface area contributed by atoms with E-state index in [4.69, 9.17) is 9.72 Å². The molecule has 2 amide bonds. The number of nitrogens with one attached hydrogen (secondary N) is 1. The number of nitriles is 1. The molecule has 0 spiro atoms. The first kappa shape index (κ1) is 23.3. The zero-order chi connectivity index (χ0) is 22.9. The fourth-order valence-corrected chi connectivity index (χ4v) is 3.68. The van der Waals surface area contributed by atoms with Crippen LogP contribution in [0.15, 0.2) is 24.3 Å². The molecule has 1 aromatic carbocycles. The highest BCUT2D eigenvalue weighted by molar-refractivity contribution is 5.88. The van der Waals surface area contributed by atoms with Crippen molar-refractivity contribution in [2.75, 3.05) is 44.2 Å². The molecule has 32 heavy (non-hydrogen) atoms. The number of aromatic nitrogens is 2. The van der Waals surface area contributed by atoms with Crippen LogP contribution in [0.2, 0.25) is 0 Å². The maximum Gasteiger partial charge on any atom is 0.409 e. The summed E-state index contributed by atoms with van der Waals surface area (Å²) >= 11 is 0. The van der Waals surface area contributed by atoms with E-state index in [1.807, 2.05) is 29.2 Å². The van der Waals surface area contributed by atoms with Crippen molar-refractivity contribution in [2.45, 2.75) is 39.0 Å². The summed E-state index contributed by atoms with van der Waals surface area (Å²) in [5.74, 6) is -0.908. The van der Waals surface area contributed by atoms with E-state index in [-0.39, 0.29) is 12.0 Å². The van der Waals surface area contributed by atoms with Crippen LogP contribution in [0.1, 0.15) is 44.7 Å². The minimum Gasteiger partial charge on any atom is -0.450 e. The van der Waals surface area contributed by atoms with Crippen molar-refractivity contribution in [1.29, 1.82) is 5.26 Å². The van der Waals surface area contributed by atoms with Gasteiger partial charge in [0.2, 0.25) is 5.91 Å². The van der Waals surface area contributed by atoms with Crippen LogP contribution >= 0.6 is 0 Å². The summed E-state index contributed by atoms with van der Waals surface area (Å²) in [5.41, 5.74) is 1.68. The van der Waals surface area contributed by atoms with Gasteiger partial charge >= 0.3 is 6.09 Å². The van der Waals surface area contributed by atoms with Crippen LogP contribution in [-0.4, -0.2) is 66.2 Å². The standard InChI is InChI=1S/C23H30N6O3/c1-3-5-8-11-25-22(30)17(16-24)20-21(27-19-10-7-6-9-18(19)26-20)28-12-14-29(15-13-28)23(31)32-4-2/h6-7,9-10,17H,3-5,8,11-15H2,1-2H3,(H,25,30)/t17-/m0/s1. The van der Waals surface area contributed by atoms with Gasteiger partial charge in [-0.25, -0.2) is 14.8 Å². The van der Waals surface area contributed by atoms with Crippen LogP contribution in [0.3, 0.4) is 0 Å². The number of para-hydroxylation sites is 2. The molecular weight excluding hydrogens is 408 g/mol. The Morgan fingerprint density at radius 1 is 1.12 bits per heavy atom. The highest BCUT2D eigenvalue weighted by Crippen LogP contribution is 2.28. The molecule has 1 aliphatic heterocycles. The summed E-state index contributed by atoms with van der Waals surface area (Å²) in [4.78, 5) is 37.9. The first-order valence-corrected chi connectivity index (χ1v) is 11.2. The highest BCUT2D eigenvalue weighted by atomic mass is 16.6. The van der Waals surface area contributed by atoms with E-state index in [2.05, 4.69) is 23.3 Å². The predicted octanol–water partition coefficient (Wildman–Crippen LogP) is 2.82. The number of hydrogen-bond donors (Lipinski definition) is 1. The predicted molar refractivity (Wildman–Crippen MR) is 121 cm³/mol. The molecule has 0 aliphatic carbocycles. The summed E-state index contributed by atoms with van der Waals surface area (Å²) in [7, 11) is 0. The van der Waals surface area contributed by atoms with Crippen molar-refractivity contribution in [1.82, 2.24) is 20.2 Å². The smallest absolute Gasteiger partial charge is 0.409 e. The van der Waals surface area contributed by atoms with Crippen molar-refractivity contribution in [2.24, 2.45) is 0 Å². The second-order valence-electron chi connectivity index (χ2n) is 7.65. The Morgan fingerprint density at radius 3 is 2.44 bits per heavy atom. The molecule has 1 fully saturated rings. The van der Waals surface area contributed by atoms with Crippen molar-refractivity contribution in [3.63, 3.8) is 0 Å². The normalized spacial score (nSPS) is 14.7. The van der Waals surface area contributed by atoms with E-state index in [9.17, 15) is 14.9 Å². The van der Waals surface area contributed by atoms with Crippen LogP contribution in [0.5, 0.6) is 0 Å². The fraction of sp³-hybridized carbons (Fsp3) is 0.522. The van der Waals surface area contributed by atoms with Gasteiger partial charge < -0.3 is 19.9 Å². The monoisotopic (exact) mass is 438 g/mol. The van der Waals surface area contributed by atoms with Gasteiger partial charge in [0.25, 0.3) is 0 Å². The summed E-state index contributed by atoms with van der Waals surface area (Å²) in [6, 6.07) is 9.53. The molecule has 0 radical (unpaired) electrons. The Kier molecular flexibility index (Phi) is 8.20. The second-order valence-corrected chi connectivity index (χ2v) is 7.65. The van der Waals surface area contributed by atoms with Crippen molar-refractivity contribution in [3.8, 4) is 6.07 Å². The van der Waals surface area contributed by atoms with Gasteiger partial charge in [-0.05, 0) is 25.5 Å². The first-order valence-electron chi connectivity index (χ1n) is 11.2. The van der Waals surface area contributed by atoms with Crippen molar-refractivity contribution >= 4 is 28.9 Å². The fourth-order valence-electron chi connectivity index (χ4n) is 3.68. The van der Waals surface area contributed by atoms with Crippen molar-refractivity contribution in [3.05, 3.63) is 30.0 Å². The molecule has 0 saturated carbocycles. The summed E-state index contributed by atoms with van der Waals surface area (Å²) in [6.07, 6.45) is 2.60. The molecule has 9 nitrogen and oxygen atoms in total. The lowest BCUT2D eigenvalue weighted by atomic mass is 10.0. The number of fused-ring (bicyclic) bond motifs is 1. The number of piperazine rings is 1. The molecule has 1 N–H and O–H groups in total. The number of hydrogen-bond acceptors (Lipinski definition) is 7. The van der Waals surface area contributed by atoms with Crippen LogP contribution in [0.25, 0.3) is 11.0 Å². The quantitative estimate of drug-likeness (QED) is 0.631. The minimum absolute atomic E-state index is 0.330. The van der Waals surface area contributed by atoms with Crippen LogP contribution in [-0.2, 0) is 9.53 Å². The third-order valence-electron chi connectivity index (χ3n) is 5.43. The third kappa shape index (κ3) is 5.44. The number of rotatable bonds is 8. The van der Waals surface area contributed by atoms with Gasteiger partial charge in [0.15, 0.2) is 11.7 Å². The lowest BCUT2D eigenvalue weighted by Gasteiger charge is -2.35. The molecule has 9 heteroatoms. The Bertz CT molecular complexity index is 981. The van der Waals surface area contributed by atoms with E-state index >= 15 is 0 Å². The van der Waals surface area contributed by atoms with Gasteiger partial charge in [0.1, 0.15) is 5.69 Å². The van der Waals surface area contributed by atoms with Gasteiger partial charge in [-0.1, -0.05) is 31.9 Å². The van der Waals surface area contributed by atoms with Crippen molar-refractivity contribution < 1.29 is 14.3 Å². The van der Waals surface area contributed by atoms with E-state index in [0.29, 0.717) is 61.9 Å². The first-order chi connectivity index (χ1) is 15.6. The van der Waals surface area contributed by atoms with Crippen LogP contribution in [0.4, 0.5) is 10.6 Å². The SMILES string of the molecule is CCCCCNC(=O)[C@@H](C#N)c1nc2ccccc2nc1N1CCN(C(=O)OCC)CC1. The maximum absolute atomic E-state index is 12.8. The van der Waals surface area contributed by atoms with Crippen LogP contribution in [0, 0.1) is 11.3 Å². The highest BCUT2D eigenvalue weighted by Gasteiger charge is 2.31. The second kappa shape index (κ2) is 11.3. The summed E-state index contributed by atoms with van der Waals surface area (Å²) < 4.78 is 5.09. The number of carbonyl (C=O) groups excluding carboxylic acids is 2. The Morgan fingerprint density at radius 2 is 1.81 bits per heavy atom. The molecule has 3 rings (SSSR count). The molecule has 1 aliphatic rings. The van der Waals surface area contributed by atoms with E-state index < -0.39 is 5.92 Å². The largest absolute Gasteiger partial charge is 0.450 e. The van der Waals surface area contributed by atoms with Crippen LogP contribution < -0.4 is 10.2 Å². The number of unbranched alkanes of at least 4 members (excludes halogenated alkanes) is 2. The molecule has 2 aromatic rings. The van der Waals surface area contributed by atoms with Gasteiger partial charge in [0, 0.05) is 32.7 Å². The third-order valence-corrected chi connectivity index (χ3v) is 5.43. The molecule has 0 bridgehead atoms. The van der Waals surface area contributed by atoms with E-state index in [1.54, 1.807) is 11.8 Å². The zero-order valence-corrected chi connectivity index (χ0v) is 18.7. The summed E-state index contributed by atoms with van der Waals surface area (Å²) in [6.45, 7) is 6.68. The van der Waals surface area contributed by atoms with Gasteiger partial charge in [-0.15, -0.1) is 0 Å². The Labute approximate surface area is 188 Å². The Hall–Kier alpha value is -3.41. The number of carbonyl (C=O) groups is 2. The van der Waals surface area contributed by atoms with E-state index in [0.717, 1.165) is 19.3 Å². The number of benzene rings is 1. The Balaban J connectivity index is 1.87. The van der Waals surface area contributed by atoms with E-state index in [1.165, 1.54) is 0 Å². The summed E-state index contributed by atoms with van der Waals surface area (Å²) in [5, 5.41) is 12.7. The van der Waals surface area contributed by atoms with Gasteiger partial charge in [-0.3, -0.25) is 4.79 Å². The lowest BCUT2D eigenvalue weighted by molar-refractivity contribution is -0.121. The topological polar surface area (TPSA) is 111 Å². The lowest BCUT2D eigenvalue weighted by Crippen LogP contribution is -2.49. The molecule has 1 saturated heterocycles. The molecule has 1 atom stereocenters. The average molecular weight is 439 g/mol. The molecular formula is C23H30N6O3. The van der Waals surface area contributed by atoms with Gasteiger partial charge in [0.05, 0.1) is 23.7 Å². The number of ether oxygens (including phenoxy) is 1. The number of anilines is 1. The average Bonchev–Trinajstić information content (AvgIpc) is 2.82. The molecule has 1 aromatic heterocycles. The minimum atomic E-state index is -1.06. The number of nitrogens with zero attached hydrogens (tertiary/aromatic N) is 5. The molecule has 0 unspecified atom stereocenters. The molecule has 170 valence electrons.